The number of nitrogens with two attached hydrogens (primary N) is 1. The van der Waals surface area contributed by atoms with Crippen LogP contribution in [-0.2, 0) is 0 Å². The SMILES string of the molecule is CC(N)c1ccc(Sc2n[nH]c(=O)n2C2CC2)c(Br)c1. The molecule has 106 valence electrons. The lowest BCUT2D eigenvalue weighted by Crippen LogP contribution is -2.16. The average molecular weight is 355 g/mol. The largest absolute Gasteiger partial charge is 0.344 e. The van der Waals surface area contributed by atoms with Gasteiger partial charge in [0.25, 0.3) is 0 Å². The number of benzene rings is 1. The molecule has 3 N–H and O–H groups in total. The summed E-state index contributed by atoms with van der Waals surface area (Å²) in [6.07, 6.45) is 2.11. The van der Waals surface area contributed by atoms with Crippen molar-refractivity contribution in [1.29, 1.82) is 0 Å². The van der Waals surface area contributed by atoms with Crippen LogP contribution in [0.5, 0.6) is 0 Å². The minimum Gasteiger partial charge on any atom is -0.324 e. The third-order valence-electron chi connectivity index (χ3n) is 3.27. The standard InChI is InChI=1S/C13H15BrN4OS/c1-7(15)8-2-5-11(10(14)6-8)20-13-17-16-12(19)18(13)9-3-4-9/h2,5-7,9H,3-4,15H2,1H3,(H,16,19). The maximum Gasteiger partial charge on any atom is 0.344 e. The maximum absolute atomic E-state index is 11.7. The van der Waals surface area contributed by atoms with E-state index < -0.39 is 0 Å². The molecule has 1 aliphatic carbocycles. The fourth-order valence-electron chi connectivity index (χ4n) is 2.00. The van der Waals surface area contributed by atoms with Crippen LogP contribution in [0.2, 0.25) is 0 Å². The second-order valence-electron chi connectivity index (χ2n) is 4.99. The lowest BCUT2D eigenvalue weighted by Gasteiger charge is -2.09. The van der Waals surface area contributed by atoms with Crippen molar-refractivity contribution in [3.8, 4) is 0 Å². The van der Waals surface area contributed by atoms with E-state index in [9.17, 15) is 4.79 Å². The van der Waals surface area contributed by atoms with E-state index in [1.165, 1.54) is 11.8 Å². The van der Waals surface area contributed by atoms with Gasteiger partial charge in [0.05, 0.1) is 0 Å². The highest BCUT2D eigenvalue weighted by atomic mass is 79.9. The van der Waals surface area contributed by atoms with Crippen LogP contribution < -0.4 is 11.4 Å². The van der Waals surface area contributed by atoms with Crippen LogP contribution in [0.3, 0.4) is 0 Å². The zero-order valence-electron chi connectivity index (χ0n) is 11.0. The van der Waals surface area contributed by atoms with Gasteiger partial charge in [-0.1, -0.05) is 6.07 Å². The molecule has 20 heavy (non-hydrogen) atoms. The Morgan fingerprint density at radius 1 is 1.55 bits per heavy atom. The number of rotatable bonds is 4. The van der Waals surface area contributed by atoms with Gasteiger partial charge < -0.3 is 5.73 Å². The van der Waals surface area contributed by atoms with E-state index in [1.54, 1.807) is 4.57 Å². The Kier molecular flexibility index (Phi) is 3.74. The van der Waals surface area contributed by atoms with E-state index >= 15 is 0 Å². The first kappa shape index (κ1) is 13.9. The molecule has 7 heteroatoms. The number of nitrogens with one attached hydrogen (secondary N) is 1. The Hall–Kier alpha value is -1.05. The van der Waals surface area contributed by atoms with E-state index in [0.29, 0.717) is 11.2 Å². The minimum absolute atomic E-state index is 0.000350. The summed E-state index contributed by atoms with van der Waals surface area (Å²) in [4.78, 5) is 12.8. The number of hydrogen-bond donors (Lipinski definition) is 2. The lowest BCUT2D eigenvalue weighted by molar-refractivity contribution is 0.642. The summed E-state index contributed by atoms with van der Waals surface area (Å²) in [5.41, 5.74) is 6.82. The minimum atomic E-state index is -0.127. The Labute approximate surface area is 129 Å². The number of aromatic nitrogens is 3. The van der Waals surface area contributed by atoms with Crippen LogP contribution >= 0.6 is 27.7 Å². The summed E-state index contributed by atoms with van der Waals surface area (Å²) in [6.45, 7) is 1.95. The molecule has 0 radical (unpaired) electrons. The van der Waals surface area contributed by atoms with Crippen LogP contribution in [0.25, 0.3) is 0 Å². The van der Waals surface area contributed by atoms with Crippen molar-refractivity contribution < 1.29 is 0 Å². The zero-order chi connectivity index (χ0) is 14.3. The number of hydrogen-bond acceptors (Lipinski definition) is 4. The molecule has 1 aromatic carbocycles. The van der Waals surface area contributed by atoms with E-state index in [0.717, 1.165) is 27.8 Å². The molecule has 5 nitrogen and oxygen atoms in total. The van der Waals surface area contributed by atoms with Crippen molar-refractivity contribution in [3.63, 3.8) is 0 Å². The first-order valence-electron chi connectivity index (χ1n) is 6.46. The topological polar surface area (TPSA) is 76.7 Å². The van der Waals surface area contributed by atoms with Gasteiger partial charge in [0.2, 0.25) is 0 Å². The van der Waals surface area contributed by atoms with E-state index in [4.69, 9.17) is 5.73 Å². The molecule has 1 saturated carbocycles. The summed E-state index contributed by atoms with van der Waals surface area (Å²) < 4.78 is 2.71. The zero-order valence-corrected chi connectivity index (χ0v) is 13.4. The van der Waals surface area contributed by atoms with Gasteiger partial charge in [-0.05, 0) is 65.2 Å². The Morgan fingerprint density at radius 2 is 2.30 bits per heavy atom. The lowest BCUT2D eigenvalue weighted by atomic mass is 10.1. The molecular formula is C13H15BrN4OS. The number of nitrogens with zero attached hydrogens (tertiary/aromatic N) is 2. The third-order valence-corrected chi connectivity index (χ3v) is 5.23. The fourth-order valence-corrected chi connectivity index (χ4v) is 3.55. The van der Waals surface area contributed by atoms with Crippen molar-refractivity contribution in [3.05, 3.63) is 38.7 Å². The number of halogens is 1. The normalized spacial score (nSPS) is 16.4. The van der Waals surface area contributed by atoms with Gasteiger partial charge in [-0.15, -0.1) is 5.10 Å². The van der Waals surface area contributed by atoms with Crippen LogP contribution in [0, 0.1) is 0 Å². The predicted octanol–water partition coefficient (Wildman–Crippen LogP) is 2.84. The molecule has 0 saturated heterocycles. The van der Waals surface area contributed by atoms with Gasteiger partial charge in [0, 0.05) is 21.5 Å². The molecule has 0 amide bonds. The molecule has 1 aromatic heterocycles. The van der Waals surface area contributed by atoms with Crippen LogP contribution in [0.4, 0.5) is 0 Å². The molecule has 0 bridgehead atoms. The van der Waals surface area contributed by atoms with Gasteiger partial charge in [-0.25, -0.2) is 9.89 Å². The second-order valence-corrected chi connectivity index (χ2v) is 6.86. The summed E-state index contributed by atoms with van der Waals surface area (Å²) >= 11 is 5.04. The van der Waals surface area contributed by atoms with Crippen LogP contribution in [0.15, 0.2) is 37.5 Å². The smallest absolute Gasteiger partial charge is 0.324 e. The highest BCUT2D eigenvalue weighted by Crippen LogP contribution is 2.39. The van der Waals surface area contributed by atoms with Crippen LogP contribution in [-0.4, -0.2) is 14.8 Å². The molecule has 3 rings (SSSR count). The molecule has 2 aromatic rings. The third kappa shape index (κ3) is 2.70. The van der Waals surface area contributed by atoms with Crippen molar-refractivity contribution in [2.24, 2.45) is 5.73 Å². The van der Waals surface area contributed by atoms with Crippen molar-refractivity contribution in [2.45, 2.75) is 41.9 Å². The molecule has 1 atom stereocenters. The van der Waals surface area contributed by atoms with Crippen LogP contribution in [0.1, 0.15) is 37.4 Å². The number of H-pyrrole nitrogens is 1. The molecule has 1 heterocycles. The Morgan fingerprint density at radius 3 is 2.90 bits per heavy atom. The molecule has 1 fully saturated rings. The highest BCUT2D eigenvalue weighted by molar-refractivity contribution is 9.10. The Bertz CT molecular complexity index is 690. The summed E-state index contributed by atoms with van der Waals surface area (Å²) in [5.74, 6) is 0. The quantitative estimate of drug-likeness (QED) is 0.884. The molecule has 1 aliphatic rings. The predicted molar refractivity (Wildman–Crippen MR) is 82.0 cm³/mol. The van der Waals surface area contributed by atoms with Crippen molar-refractivity contribution in [1.82, 2.24) is 14.8 Å². The first-order chi connectivity index (χ1) is 9.56. The van der Waals surface area contributed by atoms with Gasteiger partial charge in [-0.3, -0.25) is 4.57 Å². The van der Waals surface area contributed by atoms with Crippen molar-refractivity contribution >= 4 is 27.7 Å². The molecule has 0 aliphatic heterocycles. The Balaban J connectivity index is 1.90. The fraction of sp³-hybridized carbons (Fsp3) is 0.385. The highest BCUT2D eigenvalue weighted by Gasteiger charge is 2.28. The summed E-state index contributed by atoms with van der Waals surface area (Å²) in [6, 6.07) is 6.33. The van der Waals surface area contributed by atoms with Crippen molar-refractivity contribution in [2.75, 3.05) is 0 Å². The monoisotopic (exact) mass is 354 g/mol. The van der Waals surface area contributed by atoms with Gasteiger partial charge in [0.1, 0.15) is 0 Å². The molecule has 1 unspecified atom stereocenters. The van der Waals surface area contributed by atoms with Gasteiger partial charge >= 0.3 is 5.69 Å². The average Bonchev–Trinajstić information content (AvgIpc) is 3.17. The molecule has 0 spiro atoms. The first-order valence-corrected chi connectivity index (χ1v) is 8.07. The summed E-state index contributed by atoms with van der Waals surface area (Å²) in [7, 11) is 0. The molecular weight excluding hydrogens is 340 g/mol. The maximum atomic E-state index is 11.7. The second kappa shape index (κ2) is 5.38. The van der Waals surface area contributed by atoms with E-state index in [-0.39, 0.29) is 11.7 Å². The van der Waals surface area contributed by atoms with E-state index in [2.05, 4.69) is 26.1 Å². The van der Waals surface area contributed by atoms with Gasteiger partial charge in [0.15, 0.2) is 5.16 Å². The van der Waals surface area contributed by atoms with Gasteiger partial charge in [-0.2, -0.15) is 0 Å². The van der Waals surface area contributed by atoms with E-state index in [1.807, 2.05) is 25.1 Å². The number of aromatic amines is 1. The summed E-state index contributed by atoms with van der Waals surface area (Å²) in [5, 5.41) is 7.36.